The molecule has 2 heterocycles. The van der Waals surface area contributed by atoms with Gasteiger partial charge in [0.2, 0.25) is 0 Å². The van der Waals surface area contributed by atoms with Crippen LogP contribution in [0.4, 0.5) is 0 Å². The van der Waals surface area contributed by atoms with E-state index in [9.17, 15) is 9.59 Å². The van der Waals surface area contributed by atoms with Crippen molar-refractivity contribution in [2.24, 2.45) is 0 Å². The number of morpholine rings is 2. The van der Waals surface area contributed by atoms with E-state index in [0.29, 0.717) is 63.7 Å². The summed E-state index contributed by atoms with van der Waals surface area (Å²) in [4.78, 5) is 31.4. The van der Waals surface area contributed by atoms with Gasteiger partial charge >= 0.3 is 0 Å². The maximum absolute atomic E-state index is 13.0. The molecular weight excluding hydrogens is 420 g/mol. The van der Waals surface area contributed by atoms with E-state index in [1.165, 1.54) is 21.6 Å². The summed E-state index contributed by atoms with van der Waals surface area (Å²) in [6.07, 6.45) is 0. The van der Waals surface area contributed by atoms with Crippen molar-refractivity contribution in [3.05, 3.63) is 59.7 Å². The molecule has 0 aromatic heterocycles. The number of amides is 2. The number of rotatable bonds is 5. The van der Waals surface area contributed by atoms with Crippen LogP contribution in [0.1, 0.15) is 20.7 Å². The molecule has 2 aliphatic heterocycles. The minimum Gasteiger partial charge on any atom is -0.378 e. The van der Waals surface area contributed by atoms with Gasteiger partial charge in [-0.15, -0.1) is 0 Å². The Labute approximate surface area is 184 Å². The summed E-state index contributed by atoms with van der Waals surface area (Å²) in [5, 5.41) is 0. The van der Waals surface area contributed by atoms with E-state index >= 15 is 0 Å². The Morgan fingerprint density at radius 3 is 1.40 bits per heavy atom. The molecule has 158 valence electrons. The van der Waals surface area contributed by atoms with Crippen molar-refractivity contribution in [1.82, 2.24) is 9.80 Å². The first-order valence-electron chi connectivity index (χ1n) is 10.0. The quantitative estimate of drug-likeness (QED) is 0.659. The van der Waals surface area contributed by atoms with Gasteiger partial charge in [0.1, 0.15) is 0 Å². The Balaban J connectivity index is 1.49. The van der Waals surface area contributed by atoms with Gasteiger partial charge in [0.05, 0.1) is 37.6 Å². The molecule has 0 N–H and O–H groups in total. The Kier molecular flexibility index (Phi) is 7.33. The fourth-order valence-electron chi connectivity index (χ4n) is 3.40. The second-order valence-corrected chi connectivity index (χ2v) is 9.18. The Bertz CT molecular complexity index is 823. The molecule has 2 fully saturated rings. The average molecular weight is 445 g/mol. The lowest BCUT2D eigenvalue weighted by molar-refractivity contribution is 0.0299. The van der Waals surface area contributed by atoms with E-state index in [2.05, 4.69) is 0 Å². The Hall–Kier alpha value is -2.00. The molecular formula is C22H24N2O4S2. The molecule has 0 spiro atoms. The topological polar surface area (TPSA) is 59.1 Å². The van der Waals surface area contributed by atoms with Gasteiger partial charge in [0.15, 0.2) is 0 Å². The average Bonchev–Trinajstić information content (AvgIpc) is 2.83. The maximum Gasteiger partial charge on any atom is 0.255 e. The zero-order chi connectivity index (χ0) is 20.8. The monoisotopic (exact) mass is 444 g/mol. The fourth-order valence-corrected chi connectivity index (χ4v) is 5.74. The van der Waals surface area contributed by atoms with Gasteiger partial charge < -0.3 is 19.3 Å². The highest BCUT2D eigenvalue weighted by molar-refractivity contribution is 8.76. The maximum atomic E-state index is 13.0. The third-order valence-corrected chi connectivity index (χ3v) is 7.53. The highest BCUT2D eigenvalue weighted by atomic mass is 33.1. The molecule has 2 saturated heterocycles. The summed E-state index contributed by atoms with van der Waals surface area (Å²) in [5.41, 5.74) is 1.38. The van der Waals surface area contributed by atoms with Crippen molar-refractivity contribution < 1.29 is 19.1 Å². The molecule has 6 nitrogen and oxygen atoms in total. The molecule has 0 aliphatic carbocycles. The van der Waals surface area contributed by atoms with Crippen LogP contribution in [0.3, 0.4) is 0 Å². The first-order valence-corrected chi connectivity index (χ1v) is 12.2. The van der Waals surface area contributed by atoms with Crippen LogP contribution < -0.4 is 0 Å². The summed E-state index contributed by atoms with van der Waals surface area (Å²) < 4.78 is 10.7. The number of nitrogens with zero attached hydrogens (tertiary/aromatic N) is 2. The molecule has 0 unspecified atom stereocenters. The summed E-state index contributed by atoms with van der Waals surface area (Å²) in [7, 11) is 3.03. The zero-order valence-corrected chi connectivity index (χ0v) is 18.3. The molecule has 8 heteroatoms. The first kappa shape index (κ1) is 21.2. The highest BCUT2D eigenvalue weighted by Gasteiger charge is 2.23. The standard InChI is InChI=1S/C22H24N2O4S2/c25-21(23-9-13-27-14-10-23)17-5-1-3-7-19(17)29-30-20-8-4-2-6-18(20)22(26)24-11-15-28-16-12-24/h1-8H,9-16H2. The second kappa shape index (κ2) is 10.3. The van der Waals surface area contributed by atoms with Gasteiger partial charge in [-0.25, -0.2) is 0 Å². The van der Waals surface area contributed by atoms with E-state index in [1.54, 1.807) is 0 Å². The van der Waals surface area contributed by atoms with E-state index in [1.807, 2.05) is 58.3 Å². The fraction of sp³-hybridized carbons (Fsp3) is 0.364. The predicted molar refractivity (Wildman–Crippen MR) is 118 cm³/mol. The van der Waals surface area contributed by atoms with Crippen molar-refractivity contribution >= 4 is 33.4 Å². The number of hydrogen-bond donors (Lipinski definition) is 0. The largest absolute Gasteiger partial charge is 0.378 e. The Morgan fingerprint density at radius 1 is 0.633 bits per heavy atom. The van der Waals surface area contributed by atoms with Crippen LogP contribution in [0, 0.1) is 0 Å². The number of benzene rings is 2. The predicted octanol–water partition coefficient (Wildman–Crippen LogP) is 3.43. The molecule has 0 radical (unpaired) electrons. The molecule has 0 atom stereocenters. The number of hydrogen-bond acceptors (Lipinski definition) is 6. The third kappa shape index (κ3) is 5.00. The van der Waals surface area contributed by atoms with Gasteiger partial charge in [-0.1, -0.05) is 45.9 Å². The van der Waals surface area contributed by atoms with Crippen molar-refractivity contribution in [1.29, 1.82) is 0 Å². The minimum absolute atomic E-state index is 0.0275. The van der Waals surface area contributed by atoms with Crippen molar-refractivity contribution in [3.8, 4) is 0 Å². The number of ether oxygens (including phenoxy) is 2. The van der Waals surface area contributed by atoms with Crippen molar-refractivity contribution in [3.63, 3.8) is 0 Å². The summed E-state index contributed by atoms with van der Waals surface area (Å²) in [6, 6.07) is 15.3. The number of carbonyl (C=O) groups is 2. The molecule has 2 amide bonds. The summed E-state index contributed by atoms with van der Waals surface area (Å²) in [6.45, 7) is 4.76. The van der Waals surface area contributed by atoms with Crippen LogP contribution in [0.2, 0.25) is 0 Å². The van der Waals surface area contributed by atoms with Crippen molar-refractivity contribution in [2.75, 3.05) is 52.6 Å². The summed E-state index contributed by atoms with van der Waals surface area (Å²) in [5.74, 6) is 0.0550. The van der Waals surface area contributed by atoms with Gasteiger partial charge in [-0.3, -0.25) is 9.59 Å². The highest BCUT2D eigenvalue weighted by Crippen LogP contribution is 2.41. The Morgan fingerprint density at radius 2 is 1.00 bits per heavy atom. The summed E-state index contributed by atoms with van der Waals surface area (Å²) >= 11 is 0. The number of carbonyl (C=O) groups excluding carboxylic acids is 2. The molecule has 4 rings (SSSR count). The minimum atomic E-state index is 0.0275. The SMILES string of the molecule is O=C(c1ccccc1SSc1ccccc1C(=O)N1CCOCC1)N1CCOCC1. The van der Waals surface area contributed by atoms with E-state index in [0.717, 1.165) is 9.79 Å². The molecule has 2 aromatic rings. The van der Waals surface area contributed by atoms with Gasteiger partial charge in [-0.2, -0.15) is 0 Å². The van der Waals surface area contributed by atoms with Crippen LogP contribution in [-0.2, 0) is 9.47 Å². The molecule has 0 saturated carbocycles. The molecule has 2 aromatic carbocycles. The van der Waals surface area contributed by atoms with E-state index in [-0.39, 0.29) is 11.8 Å². The van der Waals surface area contributed by atoms with Gasteiger partial charge in [0.25, 0.3) is 11.8 Å². The lowest BCUT2D eigenvalue weighted by atomic mass is 10.2. The zero-order valence-electron chi connectivity index (χ0n) is 16.6. The van der Waals surface area contributed by atoms with E-state index < -0.39 is 0 Å². The van der Waals surface area contributed by atoms with Crippen LogP contribution in [-0.4, -0.2) is 74.2 Å². The van der Waals surface area contributed by atoms with Crippen LogP contribution in [0.5, 0.6) is 0 Å². The van der Waals surface area contributed by atoms with Gasteiger partial charge in [-0.05, 0) is 24.3 Å². The third-order valence-electron chi connectivity index (χ3n) is 5.05. The first-order chi connectivity index (χ1) is 14.7. The van der Waals surface area contributed by atoms with Crippen LogP contribution in [0.15, 0.2) is 58.3 Å². The molecule has 2 aliphatic rings. The van der Waals surface area contributed by atoms with E-state index in [4.69, 9.17) is 9.47 Å². The second-order valence-electron chi connectivity index (χ2n) is 6.97. The van der Waals surface area contributed by atoms with Crippen molar-refractivity contribution in [2.45, 2.75) is 9.79 Å². The molecule has 30 heavy (non-hydrogen) atoms. The van der Waals surface area contributed by atoms with Crippen LogP contribution >= 0.6 is 21.6 Å². The van der Waals surface area contributed by atoms with Gasteiger partial charge in [0, 0.05) is 36.0 Å². The lowest BCUT2D eigenvalue weighted by Crippen LogP contribution is -2.40. The smallest absolute Gasteiger partial charge is 0.255 e. The lowest BCUT2D eigenvalue weighted by Gasteiger charge is -2.28. The molecule has 0 bridgehead atoms. The van der Waals surface area contributed by atoms with Crippen LogP contribution in [0.25, 0.3) is 0 Å². The normalized spacial score (nSPS) is 17.1.